The van der Waals surface area contributed by atoms with Gasteiger partial charge in [-0.1, -0.05) is 41.9 Å². The molecule has 35 heavy (non-hydrogen) atoms. The minimum Gasteiger partial charge on any atom is -0.481 e. The van der Waals surface area contributed by atoms with Crippen molar-refractivity contribution in [2.45, 2.75) is 39.2 Å². The number of rotatable bonds is 10. The molecule has 0 spiro atoms. The summed E-state index contributed by atoms with van der Waals surface area (Å²) < 4.78 is 53.2. The second kappa shape index (κ2) is 10.9. The Morgan fingerprint density at radius 2 is 1.89 bits per heavy atom. The van der Waals surface area contributed by atoms with Crippen molar-refractivity contribution in [3.63, 3.8) is 0 Å². The van der Waals surface area contributed by atoms with E-state index in [1.807, 2.05) is 30.3 Å². The third-order valence-corrected chi connectivity index (χ3v) is 5.61. The second-order valence-electron chi connectivity index (χ2n) is 7.62. The molecule has 7 nitrogen and oxygen atoms in total. The standard InChI is InChI=1S/C24H22ClF3N4O3/c1-2-31-20(14-34-13-15-6-4-3-5-7-15)30-32(24(31)33)17-10-16-8-9-29-22(25)21(16)18(11-17)35-19(12-26)23(27)28/h3-11,19,23H,2,12-14H2,1H3. The smallest absolute Gasteiger partial charge is 0.350 e. The van der Waals surface area contributed by atoms with Crippen LogP contribution in [0.25, 0.3) is 16.5 Å². The number of pyridine rings is 1. The maximum Gasteiger partial charge on any atom is 0.350 e. The molecule has 0 aliphatic rings. The summed E-state index contributed by atoms with van der Waals surface area (Å²) in [5.41, 5.74) is 0.760. The van der Waals surface area contributed by atoms with Crippen LogP contribution in [0.1, 0.15) is 18.3 Å². The van der Waals surface area contributed by atoms with Crippen LogP contribution >= 0.6 is 11.6 Å². The van der Waals surface area contributed by atoms with Crippen LogP contribution in [0.2, 0.25) is 5.15 Å². The molecule has 0 bridgehead atoms. The number of fused-ring (bicyclic) bond motifs is 1. The van der Waals surface area contributed by atoms with Crippen molar-refractivity contribution in [3.05, 3.63) is 81.8 Å². The highest BCUT2D eigenvalue weighted by atomic mass is 35.5. The Hall–Kier alpha value is -3.37. The number of alkyl halides is 3. The van der Waals surface area contributed by atoms with Gasteiger partial charge in [0.15, 0.2) is 11.9 Å². The molecular formula is C24H22ClF3N4O3. The Kier molecular flexibility index (Phi) is 7.72. The van der Waals surface area contributed by atoms with Crippen LogP contribution in [0.5, 0.6) is 5.75 Å². The molecule has 0 saturated carbocycles. The molecule has 1 atom stereocenters. The van der Waals surface area contributed by atoms with E-state index in [2.05, 4.69) is 10.1 Å². The van der Waals surface area contributed by atoms with Crippen LogP contribution in [0.3, 0.4) is 0 Å². The van der Waals surface area contributed by atoms with Crippen LogP contribution in [0.4, 0.5) is 13.2 Å². The fourth-order valence-electron chi connectivity index (χ4n) is 3.61. The van der Waals surface area contributed by atoms with E-state index < -0.39 is 24.9 Å². The van der Waals surface area contributed by atoms with E-state index in [9.17, 15) is 18.0 Å². The average Bonchev–Trinajstić information content (AvgIpc) is 3.17. The Balaban J connectivity index is 1.72. The van der Waals surface area contributed by atoms with Crippen LogP contribution in [0, 0.1) is 0 Å². The Bertz CT molecular complexity index is 1360. The van der Waals surface area contributed by atoms with Crippen molar-refractivity contribution < 1.29 is 22.6 Å². The van der Waals surface area contributed by atoms with E-state index in [0.717, 1.165) is 10.2 Å². The number of hydrogen-bond donors (Lipinski definition) is 0. The highest BCUT2D eigenvalue weighted by molar-refractivity contribution is 6.34. The van der Waals surface area contributed by atoms with Gasteiger partial charge in [-0.05, 0) is 30.0 Å². The molecule has 0 fully saturated rings. The molecular weight excluding hydrogens is 485 g/mol. The van der Waals surface area contributed by atoms with E-state index in [1.165, 1.54) is 16.8 Å². The molecule has 2 aromatic carbocycles. The summed E-state index contributed by atoms with van der Waals surface area (Å²) in [6.45, 7) is 1.14. The summed E-state index contributed by atoms with van der Waals surface area (Å²) in [4.78, 5) is 17.1. The fourth-order valence-corrected chi connectivity index (χ4v) is 3.87. The highest BCUT2D eigenvalue weighted by Gasteiger charge is 2.25. The van der Waals surface area contributed by atoms with E-state index in [-0.39, 0.29) is 28.6 Å². The summed E-state index contributed by atoms with van der Waals surface area (Å²) in [6, 6.07) is 14.1. The predicted octanol–water partition coefficient (Wildman–Crippen LogP) is 4.95. The summed E-state index contributed by atoms with van der Waals surface area (Å²) in [5.74, 6) is 0.261. The normalized spacial score (nSPS) is 12.4. The number of ether oxygens (including phenoxy) is 2. The first-order chi connectivity index (χ1) is 16.9. The van der Waals surface area contributed by atoms with Crippen molar-refractivity contribution in [3.8, 4) is 11.4 Å². The number of halogens is 4. The van der Waals surface area contributed by atoms with E-state index >= 15 is 0 Å². The molecule has 0 amide bonds. The lowest BCUT2D eigenvalue weighted by Crippen LogP contribution is -2.28. The highest BCUT2D eigenvalue weighted by Crippen LogP contribution is 2.34. The lowest BCUT2D eigenvalue weighted by Gasteiger charge is -2.18. The number of nitrogens with zero attached hydrogens (tertiary/aromatic N) is 4. The zero-order valence-corrected chi connectivity index (χ0v) is 19.5. The zero-order valence-electron chi connectivity index (χ0n) is 18.7. The van der Waals surface area contributed by atoms with Crippen molar-refractivity contribution in [2.75, 3.05) is 6.67 Å². The van der Waals surface area contributed by atoms with Gasteiger partial charge in [0.05, 0.1) is 17.7 Å². The summed E-state index contributed by atoms with van der Waals surface area (Å²) >= 11 is 6.18. The maximum atomic E-state index is 13.2. The van der Waals surface area contributed by atoms with Crippen molar-refractivity contribution in [1.29, 1.82) is 0 Å². The Morgan fingerprint density at radius 3 is 2.57 bits per heavy atom. The van der Waals surface area contributed by atoms with Gasteiger partial charge in [-0.2, -0.15) is 4.68 Å². The first-order valence-electron chi connectivity index (χ1n) is 10.8. The topological polar surface area (TPSA) is 71.2 Å². The molecule has 2 heterocycles. The van der Waals surface area contributed by atoms with E-state index in [4.69, 9.17) is 21.1 Å². The summed E-state index contributed by atoms with van der Waals surface area (Å²) in [7, 11) is 0. The largest absolute Gasteiger partial charge is 0.481 e. The zero-order chi connectivity index (χ0) is 24.9. The molecule has 0 aliphatic heterocycles. The molecule has 1 unspecified atom stereocenters. The van der Waals surface area contributed by atoms with Gasteiger partial charge < -0.3 is 9.47 Å². The van der Waals surface area contributed by atoms with Gasteiger partial charge in [-0.25, -0.2) is 22.9 Å². The molecule has 4 aromatic rings. The van der Waals surface area contributed by atoms with Gasteiger partial charge in [-0.15, -0.1) is 5.10 Å². The summed E-state index contributed by atoms with van der Waals surface area (Å²) in [6.07, 6.45) is -3.64. The molecule has 0 radical (unpaired) electrons. The summed E-state index contributed by atoms with van der Waals surface area (Å²) in [5, 5.41) is 5.09. The quantitative estimate of drug-likeness (QED) is 0.284. The lowest BCUT2D eigenvalue weighted by molar-refractivity contribution is -0.000380. The third-order valence-electron chi connectivity index (χ3n) is 5.32. The predicted molar refractivity (Wildman–Crippen MR) is 125 cm³/mol. The van der Waals surface area contributed by atoms with Crippen molar-refractivity contribution >= 4 is 22.4 Å². The Labute approximate surface area is 203 Å². The molecule has 2 aromatic heterocycles. The van der Waals surface area contributed by atoms with Gasteiger partial charge in [-0.3, -0.25) is 4.57 Å². The van der Waals surface area contributed by atoms with Gasteiger partial charge in [0.25, 0.3) is 6.43 Å². The van der Waals surface area contributed by atoms with Gasteiger partial charge in [0, 0.05) is 18.8 Å². The SMILES string of the molecule is CCn1c(COCc2ccccc2)nn(-c2cc(OC(CF)C(F)F)c3c(Cl)nccc3c2)c1=O. The van der Waals surface area contributed by atoms with Gasteiger partial charge in [0.1, 0.15) is 24.2 Å². The monoisotopic (exact) mass is 506 g/mol. The molecule has 184 valence electrons. The first-order valence-corrected chi connectivity index (χ1v) is 11.2. The first kappa shape index (κ1) is 24.7. The van der Waals surface area contributed by atoms with Crippen molar-refractivity contribution in [1.82, 2.24) is 19.3 Å². The van der Waals surface area contributed by atoms with E-state index in [1.54, 1.807) is 19.1 Å². The average molecular weight is 507 g/mol. The molecule has 0 aliphatic carbocycles. The number of benzene rings is 2. The van der Waals surface area contributed by atoms with Crippen LogP contribution in [-0.4, -0.2) is 38.5 Å². The molecule has 4 rings (SSSR count). The lowest BCUT2D eigenvalue weighted by atomic mass is 10.1. The number of aromatic nitrogens is 4. The third kappa shape index (κ3) is 5.33. The van der Waals surface area contributed by atoms with Crippen LogP contribution in [-0.2, 0) is 24.5 Å². The fraction of sp³-hybridized carbons (Fsp3) is 0.292. The molecule has 0 N–H and O–H groups in total. The van der Waals surface area contributed by atoms with Crippen molar-refractivity contribution in [2.24, 2.45) is 0 Å². The van der Waals surface area contributed by atoms with Crippen LogP contribution in [0.15, 0.2) is 59.5 Å². The minimum atomic E-state index is -3.07. The number of hydrogen-bond acceptors (Lipinski definition) is 5. The molecule has 11 heteroatoms. The maximum absolute atomic E-state index is 13.2. The molecule has 0 saturated heterocycles. The van der Waals surface area contributed by atoms with E-state index in [0.29, 0.717) is 24.4 Å². The van der Waals surface area contributed by atoms with Crippen LogP contribution < -0.4 is 10.4 Å². The van der Waals surface area contributed by atoms with Gasteiger partial charge in [0.2, 0.25) is 0 Å². The minimum absolute atomic E-state index is 0.00244. The second-order valence-corrected chi connectivity index (χ2v) is 7.98. The van der Waals surface area contributed by atoms with Gasteiger partial charge >= 0.3 is 5.69 Å². The Morgan fingerprint density at radius 1 is 1.11 bits per heavy atom.